The van der Waals surface area contributed by atoms with Crippen molar-refractivity contribution in [3.8, 4) is 0 Å². The minimum atomic E-state index is -0.624. The predicted molar refractivity (Wildman–Crippen MR) is 85.1 cm³/mol. The van der Waals surface area contributed by atoms with Crippen LogP contribution in [0, 0.1) is 11.8 Å². The molecule has 0 radical (unpaired) electrons. The largest absolute Gasteiger partial charge is 0.465 e. The van der Waals surface area contributed by atoms with E-state index in [9.17, 15) is 14.4 Å². The molecule has 0 saturated carbocycles. The van der Waals surface area contributed by atoms with Crippen LogP contribution in [-0.2, 0) is 19.1 Å². The molecule has 0 aliphatic rings. The minimum Gasteiger partial charge on any atom is -0.465 e. The lowest BCUT2D eigenvalue weighted by molar-refractivity contribution is -0.143. The van der Waals surface area contributed by atoms with Gasteiger partial charge in [0.1, 0.15) is 12.6 Å². The number of esters is 1. The van der Waals surface area contributed by atoms with E-state index in [4.69, 9.17) is 4.74 Å². The molecule has 0 aliphatic heterocycles. The van der Waals surface area contributed by atoms with Gasteiger partial charge in [0.2, 0.25) is 11.8 Å². The van der Waals surface area contributed by atoms with Gasteiger partial charge in [-0.25, -0.2) is 0 Å². The number of rotatable bonds is 10. The molecule has 0 aromatic rings. The summed E-state index contributed by atoms with van der Waals surface area (Å²) in [6.07, 6.45) is 2.22. The molecule has 0 aliphatic carbocycles. The van der Waals surface area contributed by atoms with Crippen LogP contribution in [0.4, 0.5) is 0 Å². The fraction of sp³-hybridized carbons (Fsp3) is 0.812. The van der Waals surface area contributed by atoms with E-state index in [1.54, 1.807) is 6.92 Å². The number of carbonyl (C=O) groups is 3. The molecule has 2 atom stereocenters. The summed E-state index contributed by atoms with van der Waals surface area (Å²) in [6, 6.07) is -0.624. The Morgan fingerprint density at radius 3 is 2.18 bits per heavy atom. The Labute approximate surface area is 133 Å². The van der Waals surface area contributed by atoms with Gasteiger partial charge in [0.15, 0.2) is 0 Å². The number of hydrogen-bond donors (Lipinski definition) is 2. The maximum absolute atomic E-state index is 12.2. The summed E-state index contributed by atoms with van der Waals surface area (Å²) in [5.74, 6) is -0.833. The second-order valence-electron chi connectivity index (χ2n) is 5.90. The molecule has 2 amide bonds. The molecule has 0 rings (SSSR count). The maximum Gasteiger partial charge on any atom is 0.325 e. The molecule has 0 spiro atoms. The molecule has 22 heavy (non-hydrogen) atoms. The second-order valence-corrected chi connectivity index (χ2v) is 5.90. The molecule has 128 valence electrons. The Kier molecular flexibility index (Phi) is 10.2. The van der Waals surface area contributed by atoms with E-state index in [-0.39, 0.29) is 36.8 Å². The van der Waals surface area contributed by atoms with Gasteiger partial charge in [0, 0.05) is 5.92 Å². The highest BCUT2D eigenvalue weighted by Gasteiger charge is 2.24. The van der Waals surface area contributed by atoms with Crippen molar-refractivity contribution in [1.82, 2.24) is 10.6 Å². The Bertz CT molecular complexity index is 369. The van der Waals surface area contributed by atoms with Gasteiger partial charge in [-0.2, -0.15) is 0 Å². The third-order valence-corrected chi connectivity index (χ3v) is 3.22. The molecular formula is C16H30N2O4. The van der Waals surface area contributed by atoms with Crippen LogP contribution < -0.4 is 10.6 Å². The second kappa shape index (κ2) is 11.0. The number of hydrogen-bond acceptors (Lipinski definition) is 4. The van der Waals surface area contributed by atoms with Crippen molar-refractivity contribution in [3.05, 3.63) is 0 Å². The van der Waals surface area contributed by atoms with E-state index in [1.807, 2.05) is 27.7 Å². The summed E-state index contributed by atoms with van der Waals surface area (Å²) in [4.78, 5) is 35.5. The molecular weight excluding hydrogens is 284 g/mol. The topological polar surface area (TPSA) is 84.5 Å². The average Bonchev–Trinajstić information content (AvgIpc) is 2.44. The Hall–Kier alpha value is -1.59. The zero-order chi connectivity index (χ0) is 17.1. The van der Waals surface area contributed by atoms with E-state index < -0.39 is 12.0 Å². The first-order valence-corrected chi connectivity index (χ1v) is 8.05. The minimum absolute atomic E-state index is 0.126. The van der Waals surface area contributed by atoms with E-state index >= 15 is 0 Å². The van der Waals surface area contributed by atoms with Crippen LogP contribution in [0.15, 0.2) is 0 Å². The first kappa shape index (κ1) is 20.4. The van der Waals surface area contributed by atoms with Gasteiger partial charge in [0.05, 0.1) is 6.61 Å². The van der Waals surface area contributed by atoms with Crippen LogP contribution in [0.1, 0.15) is 53.9 Å². The van der Waals surface area contributed by atoms with Gasteiger partial charge in [-0.3, -0.25) is 14.4 Å². The normalized spacial score (nSPS) is 13.4. The molecule has 6 nitrogen and oxygen atoms in total. The monoisotopic (exact) mass is 314 g/mol. The molecule has 0 aromatic heterocycles. The zero-order valence-electron chi connectivity index (χ0n) is 14.4. The molecule has 6 heteroatoms. The molecule has 0 saturated heterocycles. The third-order valence-electron chi connectivity index (χ3n) is 3.22. The molecule has 2 unspecified atom stereocenters. The summed E-state index contributed by atoms with van der Waals surface area (Å²) < 4.78 is 4.76. The van der Waals surface area contributed by atoms with E-state index in [1.165, 1.54) is 0 Å². The van der Waals surface area contributed by atoms with Crippen LogP contribution in [-0.4, -0.2) is 37.0 Å². The molecule has 0 bridgehead atoms. The lowest BCUT2D eigenvalue weighted by Gasteiger charge is -2.22. The van der Waals surface area contributed by atoms with Crippen LogP contribution in [0.3, 0.4) is 0 Å². The summed E-state index contributed by atoms with van der Waals surface area (Å²) >= 11 is 0. The van der Waals surface area contributed by atoms with E-state index in [2.05, 4.69) is 10.6 Å². The van der Waals surface area contributed by atoms with Gasteiger partial charge in [-0.05, 0) is 25.7 Å². The fourth-order valence-electron chi connectivity index (χ4n) is 2.08. The number of nitrogens with one attached hydrogen (secondary N) is 2. The van der Waals surface area contributed by atoms with Crippen molar-refractivity contribution >= 4 is 17.8 Å². The quantitative estimate of drug-likeness (QED) is 0.600. The molecule has 0 heterocycles. The van der Waals surface area contributed by atoms with Gasteiger partial charge >= 0.3 is 5.97 Å². The lowest BCUT2D eigenvalue weighted by atomic mass is 10.0. The number of amides is 2. The number of ether oxygens (including phenoxy) is 1. The standard InChI is InChI=1S/C16H30N2O4/c1-6-8-12(5)15(20)18-13(9-11(3)4)16(21)17-10-14(19)22-7-2/h11-13H,6-10H2,1-5H3,(H,17,21)(H,18,20). The van der Waals surface area contributed by atoms with Crippen LogP contribution in [0.5, 0.6) is 0 Å². The molecule has 0 fully saturated rings. The maximum atomic E-state index is 12.2. The smallest absolute Gasteiger partial charge is 0.325 e. The Balaban J connectivity index is 4.58. The van der Waals surface area contributed by atoms with Gasteiger partial charge in [-0.15, -0.1) is 0 Å². The van der Waals surface area contributed by atoms with Crippen molar-refractivity contribution in [2.24, 2.45) is 11.8 Å². The highest BCUT2D eigenvalue weighted by Crippen LogP contribution is 2.09. The van der Waals surface area contributed by atoms with Crippen LogP contribution in [0.2, 0.25) is 0 Å². The van der Waals surface area contributed by atoms with Gasteiger partial charge in [0.25, 0.3) is 0 Å². The lowest BCUT2D eigenvalue weighted by Crippen LogP contribution is -2.49. The van der Waals surface area contributed by atoms with Crippen molar-refractivity contribution in [1.29, 1.82) is 0 Å². The van der Waals surface area contributed by atoms with Crippen molar-refractivity contribution in [3.63, 3.8) is 0 Å². The zero-order valence-corrected chi connectivity index (χ0v) is 14.4. The van der Waals surface area contributed by atoms with E-state index in [0.717, 1.165) is 12.8 Å². The molecule has 2 N–H and O–H groups in total. The first-order valence-electron chi connectivity index (χ1n) is 8.05. The highest BCUT2D eigenvalue weighted by molar-refractivity contribution is 5.90. The Morgan fingerprint density at radius 1 is 1.05 bits per heavy atom. The van der Waals surface area contributed by atoms with Crippen LogP contribution in [0.25, 0.3) is 0 Å². The van der Waals surface area contributed by atoms with E-state index in [0.29, 0.717) is 6.42 Å². The highest BCUT2D eigenvalue weighted by atomic mass is 16.5. The average molecular weight is 314 g/mol. The summed E-state index contributed by atoms with van der Waals surface area (Å²) in [6.45, 7) is 9.62. The predicted octanol–water partition coefficient (Wildman–Crippen LogP) is 1.63. The van der Waals surface area contributed by atoms with Crippen molar-refractivity contribution < 1.29 is 19.1 Å². The summed E-state index contributed by atoms with van der Waals surface area (Å²) in [7, 11) is 0. The Morgan fingerprint density at radius 2 is 1.68 bits per heavy atom. The molecule has 0 aromatic carbocycles. The van der Waals surface area contributed by atoms with Gasteiger partial charge in [-0.1, -0.05) is 34.1 Å². The summed E-state index contributed by atoms with van der Waals surface area (Å²) in [5, 5.41) is 5.31. The third kappa shape index (κ3) is 8.64. The van der Waals surface area contributed by atoms with Crippen molar-refractivity contribution in [2.45, 2.75) is 59.9 Å². The summed E-state index contributed by atoms with van der Waals surface area (Å²) in [5.41, 5.74) is 0. The first-order chi connectivity index (χ1) is 10.3. The number of carbonyl (C=O) groups excluding carboxylic acids is 3. The van der Waals surface area contributed by atoms with Crippen LogP contribution >= 0.6 is 0 Å². The van der Waals surface area contributed by atoms with Gasteiger partial charge < -0.3 is 15.4 Å². The van der Waals surface area contributed by atoms with Crippen molar-refractivity contribution in [2.75, 3.05) is 13.2 Å². The SMILES string of the molecule is CCCC(C)C(=O)NC(CC(C)C)C(=O)NCC(=O)OCC. The fourth-order valence-corrected chi connectivity index (χ4v) is 2.08.